The molecule has 0 spiro atoms. The van der Waals surface area contributed by atoms with E-state index in [0.29, 0.717) is 49.5 Å². The fourth-order valence-electron chi connectivity index (χ4n) is 6.07. The number of nitrogens with one attached hydrogen (secondary N) is 1. The predicted octanol–water partition coefficient (Wildman–Crippen LogP) is 4.00. The Bertz CT molecular complexity index is 1330. The number of rotatable bonds is 6. The van der Waals surface area contributed by atoms with E-state index in [0.717, 1.165) is 0 Å². The first-order valence-corrected chi connectivity index (χ1v) is 14.2. The van der Waals surface area contributed by atoms with Crippen LogP contribution in [-0.4, -0.2) is 82.8 Å². The summed E-state index contributed by atoms with van der Waals surface area (Å²) in [5.41, 5.74) is 1.54. The lowest BCUT2D eigenvalue weighted by Gasteiger charge is -2.42. The van der Waals surface area contributed by atoms with Crippen LogP contribution in [0.15, 0.2) is 48.5 Å². The van der Waals surface area contributed by atoms with Gasteiger partial charge in [-0.15, -0.1) is 0 Å². The molecule has 4 atom stereocenters. The Morgan fingerprint density at radius 2 is 1.73 bits per heavy atom. The number of hydrogen-bond donors (Lipinski definition) is 1. The highest BCUT2D eigenvalue weighted by Crippen LogP contribution is 2.38. The second-order valence-corrected chi connectivity index (χ2v) is 12.2. The molecule has 2 aliphatic rings. The van der Waals surface area contributed by atoms with E-state index in [4.69, 9.17) is 6.57 Å². The van der Waals surface area contributed by atoms with Crippen molar-refractivity contribution in [3.63, 3.8) is 0 Å². The number of benzene rings is 2. The van der Waals surface area contributed by atoms with E-state index >= 15 is 0 Å². The maximum absolute atomic E-state index is 14.9. The number of carbonyl (C=O) groups is 3. The van der Waals surface area contributed by atoms with Crippen LogP contribution in [0, 0.1) is 18.3 Å². The van der Waals surface area contributed by atoms with Crippen LogP contribution in [0.25, 0.3) is 4.85 Å². The van der Waals surface area contributed by atoms with Gasteiger partial charge in [-0.1, -0.05) is 42.5 Å². The smallest absolute Gasteiger partial charge is 0.245 e. The molecule has 2 heterocycles. The van der Waals surface area contributed by atoms with E-state index in [1.165, 1.54) is 13.0 Å². The third kappa shape index (κ3) is 6.76. The Morgan fingerprint density at radius 1 is 1.05 bits per heavy atom. The molecule has 41 heavy (non-hydrogen) atoms. The van der Waals surface area contributed by atoms with Crippen LogP contribution in [0.2, 0.25) is 0 Å². The number of para-hydroxylation sites is 1. The first-order valence-electron chi connectivity index (χ1n) is 14.2. The molecule has 0 aromatic heterocycles. The van der Waals surface area contributed by atoms with Crippen LogP contribution in [0.3, 0.4) is 0 Å². The standard InChI is InChI=1S/C32H40FN5O3/c1-21-18-36(31(41)29(35-22(2)39)17-23-11-7-10-14-28(23)34-6)15-16-38(21)30(40)26-20-37(32(3,4)5)19-25(26)24-12-8-9-13-27(24)33/h7-14,21,25-26,29H,15-20H2,1-5H3,(H,35,39)/t21-,25-,26+,29-/m0/s1. The lowest BCUT2D eigenvalue weighted by Crippen LogP contribution is -2.60. The van der Waals surface area contributed by atoms with Gasteiger partial charge in [0.15, 0.2) is 5.69 Å². The van der Waals surface area contributed by atoms with Gasteiger partial charge in [0.2, 0.25) is 17.7 Å². The first-order chi connectivity index (χ1) is 19.4. The molecule has 4 rings (SSSR count). The van der Waals surface area contributed by atoms with Crippen LogP contribution in [-0.2, 0) is 20.8 Å². The maximum Gasteiger partial charge on any atom is 0.245 e. The van der Waals surface area contributed by atoms with Crippen molar-refractivity contribution in [3.05, 3.63) is 76.9 Å². The summed E-state index contributed by atoms with van der Waals surface area (Å²) in [4.78, 5) is 49.0. The fraction of sp³-hybridized carbons (Fsp3) is 0.500. The Morgan fingerprint density at radius 3 is 2.37 bits per heavy atom. The first kappa shape index (κ1) is 30.2. The predicted molar refractivity (Wildman–Crippen MR) is 156 cm³/mol. The normalized spacial score (nSPS) is 22.2. The molecule has 0 radical (unpaired) electrons. The van der Waals surface area contributed by atoms with Gasteiger partial charge in [-0.05, 0) is 51.3 Å². The van der Waals surface area contributed by atoms with Crippen molar-refractivity contribution in [1.82, 2.24) is 20.0 Å². The number of amides is 3. The zero-order chi connectivity index (χ0) is 29.9. The van der Waals surface area contributed by atoms with Crippen LogP contribution >= 0.6 is 0 Å². The lowest BCUT2D eigenvalue weighted by atomic mass is 9.87. The van der Waals surface area contributed by atoms with Crippen molar-refractivity contribution in [2.45, 2.75) is 64.6 Å². The second kappa shape index (κ2) is 12.4. The van der Waals surface area contributed by atoms with Gasteiger partial charge >= 0.3 is 0 Å². The van der Waals surface area contributed by atoms with E-state index in [9.17, 15) is 18.8 Å². The largest absolute Gasteiger partial charge is 0.344 e. The molecule has 9 heteroatoms. The molecule has 0 bridgehead atoms. The summed E-state index contributed by atoms with van der Waals surface area (Å²) in [5, 5.41) is 2.76. The zero-order valence-corrected chi connectivity index (χ0v) is 24.6. The van der Waals surface area contributed by atoms with E-state index in [1.807, 2.05) is 24.0 Å². The summed E-state index contributed by atoms with van der Waals surface area (Å²) < 4.78 is 14.9. The number of likely N-dealkylation sites (tertiary alicyclic amines) is 1. The third-order valence-electron chi connectivity index (χ3n) is 8.32. The highest BCUT2D eigenvalue weighted by molar-refractivity contribution is 5.88. The fourth-order valence-corrected chi connectivity index (χ4v) is 6.07. The minimum atomic E-state index is -0.814. The SMILES string of the molecule is [C-]#[N+]c1ccccc1C[C@H](NC(C)=O)C(=O)N1CCN(C(=O)[C@@H]2CN(C(C)(C)C)C[C@H]2c2ccccc2F)[C@@H](C)C1. The Hall–Kier alpha value is -3.77. The van der Waals surface area contributed by atoms with Gasteiger partial charge in [0.1, 0.15) is 11.9 Å². The Kier molecular flexibility index (Phi) is 9.13. The number of halogens is 1. The van der Waals surface area contributed by atoms with Crippen LogP contribution < -0.4 is 5.32 Å². The number of piperazine rings is 1. The molecule has 2 fully saturated rings. The van der Waals surface area contributed by atoms with Gasteiger partial charge in [-0.3, -0.25) is 19.3 Å². The molecule has 218 valence electrons. The summed E-state index contributed by atoms with van der Waals surface area (Å²) in [6, 6.07) is 12.7. The van der Waals surface area contributed by atoms with E-state index in [2.05, 4.69) is 35.8 Å². The minimum absolute atomic E-state index is 0.0194. The van der Waals surface area contributed by atoms with Crippen LogP contribution in [0.4, 0.5) is 10.1 Å². The Balaban J connectivity index is 1.50. The highest BCUT2D eigenvalue weighted by Gasteiger charge is 2.46. The summed E-state index contributed by atoms with van der Waals surface area (Å²) in [6.45, 7) is 19.2. The van der Waals surface area contributed by atoms with Crippen molar-refractivity contribution in [1.29, 1.82) is 0 Å². The van der Waals surface area contributed by atoms with Gasteiger partial charge in [0.25, 0.3) is 0 Å². The summed E-state index contributed by atoms with van der Waals surface area (Å²) >= 11 is 0. The summed E-state index contributed by atoms with van der Waals surface area (Å²) in [6.07, 6.45) is 0.208. The topological polar surface area (TPSA) is 77.3 Å². The van der Waals surface area contributed by atoms with E-state index < -0.39 is 12.0 Å². The highest BCUT2D eigenvalue weighted by atomic mass is 19.1. The average molecular weight is 562 g/mol. The Labute approximate surface area is 242 Å². The molecule has 2 aromatic rings. The number of nitrogens with zero attached hydrogens (tertiary/aromatic N) is 4. The molecule has 0 unspecified atom stereocenters. The number of carbonyl (C=O) groups excluding carboxylic acids is 3. The summed E-state index contributed by atoms with van der Waals surface area (Å²) in [5.74, 6) is -1.53. The maximum atomic E-state index is 14.9. The van der Waals surface area contributed by atoms with Gasteiger partial charge < -0.3 is 15.1 Å². The molecule has 2 saturated heterocycles. The molecular formula is C32H40FN5O3. The molecule has 8 nitrogen and oxygen atoms in total. The van der Waals surface area contributed by atoms with Gasteiger partial charge in [0.05, 0.1) is 12.5 Å². The third-order valence-corrected chi connectivity index (χ3v) is 8.32. The van der Waals surface area contributed by atoms with Crippen molar-refractivity contribution in [2.24, 2.45) is 5.92 Å². The van der Waals surface area contributed by atoms with Crippen molar-refractivity contribution >= 4 is 23.4 Å². The van der Waals surface area contributed by atoms with E-state index in [-0.39, 0.29) is 47.5 Å². The summed E-state index contributed by atoms with van der Waals surface area (Å²) in [7, 11) is 0. The van der Waals surface area contributed by atoms with Crippen molar-refractivity contribution in [3.8, 4) is 0 Å². The molecule has 1 N–H and O–H groups in total. The molecule has 2 aromatic carbocycles. The quantitative estimate of drug-likeness (QED) is 0.541. The molecule has 0 saturated carbocycles. The van der Waals surface area contributed by atoms with Gasteiger partial charge in [0, 0.05) is 57.1 Å². The minimum Gasteiger partial charge on any atom is -0.344 e. The molecular weight excluding hydrogens is 521 g/mol. The van der Waals surface area contributed by atoms with Gasteiger partial charge in [-0.25, -0.2) is 9.24 Å². The van der Waals surface area contributed by atoms with E-state index in [1.54, 1.807) is 35.2 Å². The van der Waals surface area contributed by atoms with Gasteiger partial charge in [-0.2, -0.15) is 0 Å². The van der Waals surface area contributed by atoms with Crippen molar-refractivity contribution in [2.75, 3.05) is 32.7 Å². The second-order valence-electron chi connectivity index (χ2n) is 12.2. The van der Waals surface area contributed by atoms with Crippen molar-refractivity contribution < 1.29 is 18.8 Å². The molecule has 0 aliphatic carbocycles. The van der Waals surface area contributed by atoms with Crippen LogP contribution in [0.5, 0.6) is 0 Å². The molecule has 3 amide bonds. The molecule has 2 aliphatic heterocycles. The average Bonchev–Trinajstić information content (AvgIpc) is 3.38. The zero-order valence-electron chi connectivity index (χ0n) is 24.6. The number of hydrogen-bond acceptors (Lipinski definition) is 4. The monoisotopic (exact) mass is 561 g/mol. The van der Waals surface area contributed by atoms with Crippen LogP contribution in [0.1, 0.15) is 51.7 Å². The lowest BCUT2D eigenvalue weighted by molar-refractivity contribution is -0.146.